The lowest BCUT2D eigenvalue weighted by molar-refractivity contribution is -0.212. The second-order valence-electron chi connectivity index (χ2n) is 9.69. The topological polar surface area (TPSA) is 154 Å². The predicted octanol–water partition coefficient (Wildman–Crippen LogP) is 0.623. The van der Waals surface area contributed by atoms with Gasteiger partial charge in [0.15, 0.2) is 17.5 Å². The molecule has 0 saturated carbocycles. The first-order chi connectivity index (χ1) is 18.6. The number of methoxy groups -OCH3 is 1. The molecular weight excluding hydrogens is 545 g/mol. The van der Waals surface area contributed by atoms with Crippen LogP contribution in [0.1, 0.15) is 30.6 Å². The van der Waals surface area contributed by atoms with Crippen molar-refractivity contribution >= 4 is 9.84 Å². The summed E-state index contributed by atoms with van der Waals surface area (Å²) in [6.07, 6.45) is 0.194. The van der Waals surface area contributed by atoms with Crippen LogP contribution in [0.25, 0.3) is 11.3 Å². The highest BCUT2D eigenvalue weighted by Crippen LogP contribution is 2.34. The summed E-state index contributed by atoms with van der Waals surface area (Å²) in [5.74, 6) is -4.21. The summed E-state index contributed by atoms with van der Waals surface area (Å²) < 4.78 is 78.9. The molecule has 2 N–H and O–H groups in total. The van der Waals surface area contributed by atoms with Gasteiger partial charge in [-0.3, -0.25) is 0 Å². The van der Waals surface area contributed by atoms with Gasteiger partial charge in [-0.05, 0) is 25.0 Å². The fourth-order valence-electron chi connectivity index (χ4n) is 5.12. The second kappa shape index (κ2) is 10.9. The van der Waals surface area contributed by atoms with Gasteiger partial charge in [0.05, 0.1) is 42.1 Å². The highest BCUT2D eigenvalue weighted by Gasteiger charge is 2.47. The summed E-state index contributed by atoms with van der Waals surface area (Å²) in [7, 11) is -1.63. The van der Waals surface area contributed by atoms with Gasteiger partial charge >= 0.3 is 0 Å². The average Bonchev–Trinajstić information content (AvgIpc) is 3.58. The smallest absolute Gasteiger partial charge is 0.194 e. The van der Waals surface area contributed by atoms with E-state index in [1.54, 1.807) is 10.9 Å². The van der Waals surface area contributed by atoms with Crippen LogP contribution in [0.4, 0.5) is 13.2 Å². The molecule has 0 radical (unpaired) electrons. The molecule has 2 fully saturated rings. The van der Waals surface area contributed by atoms with Crippen LogP contribution < -0.4 is 0 Å². The third-order valence-corrected chi connectivity index (χ3v) is 8.91. The molecule has 212 valence electrons. The van der Waals surface area contributed by atoms with E-state index in [0.29, 0.717) is 18.5 Å². The van der Waals surface area contributed by atoms with Crippen molar-refractivity contribution in [3.63, 3.8) is 0 Å². The number of benzene rings is 1. The van der Waals surface area contributed by atoms with E-state index in [1.165, 1.54) is 18.0 Å². The molecule has 0 spiro atoms. The molecule has 2 aliphatic rings. The number of hydrogen-bond acceptors (Lipinski definition) is 10. The van der Waals surface area contributed by atoms with Crippen LogP contribution >= 0.6 is 0 Å². The molecule has 0 unspecified atom stereocenters. The van der Waals surface area contributed by atoms with E-state index < -0.39 is 64.4 Å². The molecule has 39 heavy (non-hydrogen) atoms. The van der Waals surface area contributed by atoms with Crippen molar-refractivity contribution in [2.75, 3.05) is 25.2 Å². The van der Waals surface area contributed by atoms with E-state index in [0.717, 1.165) is 12.1 Å². The molecule has 2 aromatic heterocycles. The average molecular weight is 573 g/mol. The third-order valence-electron chi connectivity index (χ3n) is 7.20. The van der Waals surface area contributed by atoms with Crippen LogP contribution in [-0.2, 0) is 25.7 Å². The summed E-state index contributed by atoms with van der Waals surface area (Å²) in [6, 6.07) is 0.534. The van der Waals surface area contributed by atoms with Crippen molar-refractivity contribution in [2.24, 2.45) is 0 Å². The Morgan fingerprint density at radius 3 is 2.36 bits per heavy atom. The van der Waals surface area contributed by atoms with Crippen LogP contribution in [0.2, 0.25) is 0 Å². The largest absolute Gasteiger partial charge is 0.394 e. The fraction of sp³-hybridized carbons (Fsp3) is 0.565. The first-order valence-corrected chi connectivity index (χ1v) is 14.1. The Bertz CT molecular complexity index is 1400. The Balaban J connectivity index is 1.38. The zero-order valence-corrected chi connectivity index (χ0v) is 21.6. The number of aromatic nitrogens is 6. The summed E-state index contributed by atoms with van der Waals surface area (Å²) in [5.41, 5.74) is 0.491. The summed E-state index contributed by atoms with van der Waals surface area (Å²) in [4.78, 5) is 0. The Kier molecular flexibility index (Phi) is 7.74. The maximum atomic E-state index is 13.8. The van der Waals surface area contributed by atoms with Crippen LogP contribution in [0.3, 0.4) is 0 Å². The minimum absolute atomic E-state index is 0.0240. The van der Waals surface area contributed by atoms with Gasteiger partial charge < -0.3 is 19.7 Å². The van der Waals surface area contributed by atoms with Gasteiger partial charge in [-0.2, -0.15) is 0 Å². The minimum Gasteiger partial charge on any atom is -0.394 e. The molecule has 5 rings (SSSR count). The number of ether oxygens (including phenoxy) is 2. The van der Waals surface area contributed by atoms with Gasteiger partial charge in [0.2, 0.25) is 0 Å². The van der Waals surface area contributed by atoms with Gasteiger partial charge in [-0.25, -0.2) is 31.0 Å². The fourth-order valence-corrected chi connectivity index (χ4v) is 6.59. The molecule has 12 nitrogen and oxygen atoms in total. The second-order valence-corrected chi connectivity index (χ2v) is 12.0. The van der Waals surface area contributed by atoms with Gasteiger partial charge in [0.1, 0.15) is 39.9 Å². The maximum Gasteiger partial charge on any atom is 0.194 e. The number of hydrogen-bond donors (Lipinski definition) is 2. The first kappa shape index (κ1) is 27.6. The van der Waals surface area contributed by atoms with Crippen LogP contribution in [-0.4, -0.2) is 98.3 Å². The Morgan fingerprint density at radius 2 is 1.72 bits per heavy atom. The first-order valence-electron chi connectivity index (χ1n) is 12.2. The van der Waals surface area contributed by atoms with Gasteiger partial charge in [-0.1, -0.05) is 10.4 Å². The van der Waals surface area contributed by atoms with Crippen molar-refractivity contribution in [3.05, 3.63) is 47.7 Å². The normalized spacial score (nSPS) is 27.6. The quantitative estimate of drug-likeness (QED) is 0.385. The molecule has 2 aliphatic heterocycles. The molecule has 0 amide bonds. The zero-order chi connectivity index (χ0) is 27.9. The van der Waals surface area contributed by atoms with Gasteiger partial charge in [-0.15, -0.1) is 10.2 Å². The number of sulfone groups is 1. The summed E-state index contributed by atoms with van der Waals surface area (Å²) in [6.45, 7) is -0.524. The molecule has 5 atom stereocenters. The molecule has 1 aromatic carbocycles. The molecule has 2 saturated heterocycles. The SMILES string of the molecule is CO[C@@H]1[C@@H](n2cc(-c3cc(F)c(F)c(F)c3)nn2)[C@@H](O)[C@@H](CO)O[C@@H]1Cc1cn(C2CCS(=O)(=O)CC2)nn1. The lowest BCUT2D eigenvalue weighted by Crippen LogP contribution is -2.57. The van der Waals surface area contributed by atoms with Crippen LogP contribution in [0.15, 0.2) is 24.5 Å². The molecule has 3 aromatic rings. The monoisotopic (exact) mass is 572 g/mol. The van der Waals surface area contributed by atoms with Crippen molar-refractivity contribution in [2.45, 2.75) is 55.8 Å². The Labute approximate surface area is 221 Å². The van der Waals surface area contributed by atoms with Crippen LogP contribution in [0.5, 0.6) is 0 Å². The number of nitrogens with zero attached hydrogens (tertiary/aromatic N) is 6. The predicted molar refractivity (Wildman–Crippen MR) is 128 cm³/mol. The molecule has 0 aliphatic carbocycles. The van der Waals surface area contributed by atoms with Crippen molar-refractivity contribution < 1.29 is 41.3 Å². The number of aliphatic hydroxyl groups is 2. The van der Waals surface area contributed by atoms with E-state index in [-0.39, 0.29) is 35.2 Å². The van der Waals surface area contributed by atoms with Gasteiger partial charge in [0.25, 0.3) is 0 Å². The molecular formula is C23H27F3N6O6S. The van der Waals surface area contributed by atoms with E-state index in [2.05, 4.69) is 20.6 Å². The Hall–Kier alpha value is -2.92. The molecule has 0 bridgehead atoms. The maximum absolute atomic E-state index is 13.8. The molecule has 16 heteroatoms. The van der Waals surface area contributed by atoms with E-state index >= 15 is 0 Å². The van der Waals surface area contributed by atoms with E-state index in [4.69, 9.17) is 9.47 Å². The van der Waals surface area contributed by atoms with Crippen molar-refractivity contribution in [3.8, 4) is 11.3 Å². The highest BCUT2D eigenvalue weighted by molar-refractivity contribution is 7.91. The lowest BCUT2D eigenvalue weighted by atomic mass is 9.90. The van der Waals surface area contributed by atoms with Crippen molar-refractivity contribution in [1.29, 1.82) is 0 Å². The Morgan fingerprint density at radius 1 is 1.05 bits per heavy atom. The van der Waals surface area contributed by atoms with E-state index in [1.807, 2.05) is 0 Å². The summed E-state index contributed by atoms with van der Waals surface area (Å²) in [5, 5.41) is 37.1. The summed E-state index contributed by atoms with van der Waals surface area (Å²) >= 11 is 0. The van der Waals surface area contributed by atoms with E-state index in [9.17, 15) is 31.8 Å². The molecule has 4 heterocycles. The lowest BCUT2D eigenvalue weighted by Gasteiger charge is -2.43. The van der Waals surface area contributed by atoms with Gasteiger partial charge in [0, 0.05) is 25.3 Å². The highest BCUT2D eigenvalue weighted by atomic mass is 32.2. The standard InChI is InChI=1S/C23H27F3N6O6S/c1-37-23-18(8-13-9-31(29-27-13)14-2-4-39(35,36)5-3-14)38-19(11-33)22(34)21(23)32-10-17(28-30-32)12-6-15(24)20(26)16(25)7-12/h6-7,9-10,14,18-19,21-23,33-34H,2-5,8,11H2,1H3/t18-,19-,21+,22+,23+/m1/s1. The number of aliphatic hydroxyl groups excluding tert-OH is 2. The van der Waals surface area contributed by atoms with Crippen LogP contribution in [0, 0.1) is 17.5 Å². The zero-order valence-electron chi connectivity index (χ0n) is 20.8. The third kappa shape index (κ3) is 5.56. The number of halogens is 3. The van der Waals surface area contributed by atoms with Crippen molar-refractivity contribution in [1.82, 2.24) is 30.0 Å². The minimum atomic E-state index is -3.03. The number of rotatable bonds is 7.